The van der Waals surface area contributed by atoms with E-state index in [1.807, 2.05) is 0 Å². The second-order valence-corrected chi connectivity index (χ2v) is 6.44. The highest BCUT2D eigenvalue weighted by Gasteiger charge is 2.39. The van der Waals surface area contributed by atoms with Gasteiger partial charge in [0, 0.05) is 12.6 Å². The number of benzene rings is 1. The molecule has 7 nitrogen and oxygen atoms in total. The third-order valence-electron chi connectivity index (χ3n) is 3.34. The van der Waals surface area contributed by atoms with Crippen LogP contribution in [0.4, 0.5) is 5.69 Å². The number of nitrogens with zero attached hydrogens (tertiary/aromatic N) is 1. The Bertz CT molecular complexity index is 630. The third kappa shape index (κ3) is 2.44. The predicted molar refractivity (Wildman–Crippen MR) is 73.5 cm³/mol. The van der Waals surface area contributed by atoms with Gasteiger partial charge in [0.25, 0.3) is 0 Å². The lowest BCUT2D eigenvalue weighted by Gasteiger charge is -2.22. The zero-order valence-electron chi connectivity index (χ0n) is 11.1. The molecular formula is C12H17N3O4S. The van der Waals surface area contributed by atoms with E-state index in [0.717, 1.165) is 4.31 Å². The van der Waals surface area contributed by atoms with Crippen LogP contribution in [0.5, 0.6) is 5.75 Å². The molecule has 1 heterocycles. The lowest BCUT2D eigenvalue weighted by atomic mass is 10.2. The molecule has 4 N–H and O–H groups in total. The molecule has 0 spiro atoms. The van der Waals surface area contributed by atoms with Crippen molar-refractivity contribution in [1.82, 2.24) is 4.31 Å². The van der Waals surface area contributed by atoms with Crippen LogP contribution in [0.2, 0.25) is 0 Å². The van der Waals surface area contributed by atoms with Crippen LogP contribution in [0, 0.1) is 0 Å². The molecule has 2 rings (SSSR count). The predicted octanol–water partition coefficient (Wildman–Crippen LogP) is -0.0842. The first-order chi connectivity index (χ1) is 9.37. The molecule has 110 valence electrons. The highest BCUT2D eigenvalue weighted by molar-refractivity contribution is 7.89. The van der Waals surface area contributed by atoms with E-state index in [1.54, 1.807) is 0 Å². The van der Waals surface area contributed by atoms with Gasteiger partial charge in [-0.05, 0) is 25.0 Å². The topological polar surface area (TPSA) is 116 Å². The number of nitrogens with two attached hydrogens (primary N) is 2. The van der Waals surface area contributed by atoms with Crippen molar-refractivity contribution in [2.75, 3.05) is 19.4 Å². The van der Waals surface area contributed by atoms with Crippen molar-refractivity contribution in [1.29, 1.82) is 0 Å². The monoisotopic (exact) mass is 299 g/mol. The normalized spacial score (nSPS) is 19.9. The number of primary amides is 1. The van der Waals surface area contributed by atoms with E-state index in [-0.39, 0.29) is 17.1 Å². The van der Waals surface area contributed by atoms with Crippen molar-refractivity contribution in [3.63, 3.8) is 0 Å². The van der Waals surface area contributed by atoms with E-state index in [0.29, 0.717) is 18.6 Å². The quantitative estimate of drug-likeness (QED) is 0.754. The average Bonchev–Trinajstić information content (AvgIpc) is 2.88. The lowest BCUT2D eigenvalue weighted by molar-refractivity contribution is -0.121. The van der Waals surface area contributed by atoms with Gasteiger partial charge in [0.05, 0.1) is 12.8 Å². The fourth-order valence-electron chi connectivity index (χ4n) is 2.33. The number of carbonyl (C=O) groups is 1. The summed E-state index contributed by atoms with van der Waals surface area (Å²) in [4.78, 5) is 11.3. The van der Waals surface area contributed by atoms with E-state index in [4.69, 9.17) is 16.2 Å². The standard InChI is InChI=1S/C12H17N3O4S/c1-19-8-4-5-11(9(13)7-8)20(17,18)15-6-2-3-10(15)12(14)16/h4-5,7,10H,2-3,6,13H2,1H3,(H2,14,16). The van der Waals surface area contributed by atoms with Crippen molar-refractivity contribution in [2.45, 2.75) is 23.8 Å². The van der Waals surface area contributed by atoms with E-state index in [2.05, 4.69) is 0 Å². The number of hydrogen-bond donors (Lipinski definition) is 2. The van der Waals surface area contributed by atoms with Gasteiger partial charge in [-0.25, -0.2) is 8.42 Å². The van der Waals surface area contributed by atoms with Crippen molar-refractivity contribution < 1.29 is 17.9 Å². The number of amides is 1. The van der Waals surface area contributed by atoms with Crippen molar-refractivity contribution in [3.05, 3.63) is 18.2 Å². The molecule has 1 fully saturated rings. The molecule has 0 bridgehead atoms. The minimum atomic E-state index is -3.84. The largest absolute Gasteiger partial charge is 0.497 e. The fourth-order valence-corrected chi connectivity index (χ4v) is 4.09. The Balaban J connectivity index is 2.42. The Morgan fingerprint density at radius 3 is 2.70 bits per heavy atom. The summed E-state index contributed by atoms with van der Waals surface area (Å²) >= 11 is 0. The van der Waals surface area contributed by atoms with Gasteiger partial charge in [-0.15, -0.1) is 0 Å². The number of hydrogen-bond acceptors (Lipinski definition) is 5. The Kier molecular flexibility index (Phi) is 3.87. The number of rotatable bonds is 4. The van der Waals surface area contributed by atoms with Crippen LogP contribution in [-0.2, 0) is 14.8 Å². The average molecular weight is 299 g/mol. The third-order valence-corrected chi connectivity index (χ3v) is 5.32. The van der Waals surface area contributed by atoms with E-state index in [1.165, 1.54) is 25.3 Å². The van der Waals surface area contributed by atoms with Crippen LogP contribution in [0.1, 0.15) is 12.8 Å². The van der Waals surface area contributed by atoms with Gasteiger partial charge in [0.1, 0.15) is 16.7 Å². The van der Waals surface area contributed by atoms with Crippen molar-refractivity contribution in [3.8, 4) is 5.75 Å². The van der Waals surface area contributed by atoms with E-state index in [9.17, 15) is 13.2 Å². The summed E-state index contributed by atoms with van der Waals surface area (Å²) in [6, 6.07) is 3.52. The molecule has 1 aliphatic rings. The summed E-state index contributed by atoms with van der Waals surface area (Å²) < 4.78 is 31.2. The highest BCUT2D eigenvalue weighted by atomic mass is 32.2. The van der Waals surface area contributed by atoms with Gasteiger partial charge in [-0.2, -0.15) is 4.31 Å². The number of carbonyl (C=O) groups excluding carboxylic acids is 1. The van der Waals surface area contributed by atoms with Gasteiger partial charge in [0.15, 0.2) is 0 Å². The molecule has 1 unspecified atom stereocenters. The molecule has 20 heavy (non-hydrogen) atoms. The molecule has 1 amide bonds. The van der Waals surface area contributed by atoms with Gasteiger partial charge in [-0.3, -0.25) is 4.79 Å². The number of sulfonamides is 1. The molecule has 0 radical (unpaired) electrons. The Labute approximate surface area is 117 Å². The minimum absolute atomic E-state index is 0.0357. The van der Waals surface area contributed by atoms with E-state index < -0.39 is 22.0 Å². The Hall–Kier alpha value is -1.80. The number of methoxy groups -OCH3 is 1. The Morgan fingerprint density at radius 2 is 2.15 bits per heavy atom. The van der Waals surface area contributed by atoms with Gasteiger partial charge >= 0.3 is 0 Å². The summed E-state index contributed by atoms with van der Waals surface area (Å²) in [6.07, 6.45) is 1.04. The summed E-state index contributed by atoms with van der Waals surface area (Å²) in [6.45, 7) is 0.265. The molecule has 1 saturated heterocycles. The molecule has 1 aromatic rings. The first kappa shape index (κ1) is 14.6. The minimum Gasteiger partial charge on any atom is -0.497 e. The smallest absolute Gasteiger partial charge is 0.245 e. The second kappa shape index (κ2) is 5.29. The van der Waals surface area contributed by atoms with Gasteiger partial charge < -0.3 is 16.2 Å². The second-order valence-electron chi connectivity index (χ2n) is 4.58. The number of ether oxygens (including phenoxy) is 1. The molecule has 8 heteroatoms. The maximum Gasteiger partial charge on any atom is 0.245 e. The maximum atomic E-state index is 12.6. The van der Waals surface area contributed by atoms with Crippen LogP contribution in [0.3, 0.4) is 0 Å². The molecule has 1 atom stereocenters. The Morgan fingerprint density at radius 1 is 1.45 bits per heavy atom. The van der Waals surface area contributed by atoms with E-state index >= 15 is 0 Å². The summed E-state index contributed by atoms with van der Waals surface area (Å²) in [5, 5.41) is 0. The summed E-state index contributed by atoms with van der Waals surface area (Å²) in [7, 11) is -2.37. The zero-order chi connectivity index (χ0) is 14.9. The maximum absolute atomic E-state index is 12.6. The van der Waals surface area contributed by atoms with Crippen molar-refractivity contribution >= 4 is 21.6 Å². The SMILES string of the molecule is COc1ccc(S(=O)(=O)N2CCCC2C(N)=O)c(N)c1. The number of nitrogen functional groups attached to an aromatic ring is 1. The first-order valence-electron chi connectivity index (χ1n) is 6.12. The molecule has 1 aliphatic heterocycles. The van der Waals surface area contributed by atoms with Crippen LogP contribution in [-0.4, -0.2) is 38.3 Å². The summed E-state index contributed by atoms with van der Waals surface area (Å²) in [5.41, 5.74) is 11.1. The first-order valence-corrected chi connectivity index (χ1v) is 7.56. The van der Waals surface area contributed by atoms with Crippen LogP contribution in [0.15, 0.2) is 23.1 Å². The van der Waals surface area contributed by atoms with Gasteiger partial charge in [-0.1, -0.05) is 0 Å². The number of anilines is 1. The van der Waals surface area contributed by atoms with Crippen LogP contribution >= 0.6 is 0 Å². The fraction of sp³-hybridized carbons (Fsp3) is 0.417. The molecule has 0 saturated carbocycles. The molecule has 0 aromatic heterocycles. The van der Waals surface area contributed by atoms with Crippen LogP contribution < -0.4 is 16.2 Å². The lowest BCUT2D eigenvalue weighted by Crippen LogP contribution is -2.43. The van der Waals surface area contributed by atoms with Gasteiger partial charge in [0.2, 0.25) is 15.9 Å². The highest BCUT2D eigenvalue weighted by Crippen LogP contribution is 2.30. The molecular weight excluding hydrogens is 282 g/mol. The summed E-state index contributed by atoms with van der Waals surface area (Å²) in [5.74, 6) is -0.174. The van der Waals surface area contributed by atoms with Crippen molar-refractivity contribution in [2.24, 2.45) is 5.73 Å². The molecule has 0 aliphatic carbocycles. The zero-order valence-corrected chi connectivity index (χ0v) is 11.9. The van der Waals surface area contributed by atoms with Crippen LogP contribution in [0.25, 0.3) is 0 Å². The molecule has 1 aromatic carbocycles.